The Bertz CT molecular complexity index is 529. The third-order valence-electron chi connectivity index (χ3n) is 3.05. The molecule has 0 unspecified atom stereocenters. The zero-order valence-electron chi connectivity index (χ0n) is 11.3. The van der Waals surface area contributed by atoms with Gasteiger partial charge in [-0.3, -0.25) is 9.78 Å². The smallest absolute Gasteiger partial charge is 0.272 e. The number of benzene rings is 1. The van der Waals surface area contributed by atoms with Crippen molar-refractivity contribution in [2.45, 2.75) is 6.42 Å². The van der Waals surface area contributed by atoms with Crippen LogP contribution in [0.15, 0.2) is 54.7 Å². The zero-order chi connectivity index (χ0) is 14.2. The zero-order valence-corrected chi connectivity index (χ0v) is 11.3. The Morgan fingerprint density at radius 3 is 2.45 bits per heavy atom. The van der Waals surface area contributed by atoms with Crippen LogP contribution in [0.3, 0.4) is 0 Å². The molecule has 0 aliphatic heterocycles. The molecule has 2 aromatic rings. The summed E-state index contributed by atoms with van der Waals surface area (Å²) in [6.45, 7) is 0.843. The Labute approximate surface area is 118 Å². The molecule has 1 aromatic carbocycles. The van der Waals surface area contributed by atoms with E-state index in [-0.39, 0.29) is 12.5 Å². The molecule has 4 nitrogen and oxygen atoms in total. The molecule has 1 heterocycles. The molecule has 2 rings (SSSR count). The van der Waals surface area contributed by atoms with Gasteiger partial charge in [-0.2, -0.15) is 0 Å². The second-order valence-electron chi connectivity index (χ2n) is 4.47. The van der Waals surface area contributed by atoms with Crippen LogP contribution < -0.4 is 0 Å². The molecule has 0 saturated carbocycles. The molecule has 1 N–H and O–H groups in total. The van der Waals surface area contributed by atoms with Gasteiger partial charge in [0, 0.05) is 19.3 Å². The first kappa shape index (κ1) is 14.2. The highest BCUT2D eigenvalue weighted by molar-refractivity contribution is 5.92. The highest BCUT2D eigenvalue weighted by Gasteiger charge is 2.15. The predicted molar refractivity (Wildman–Crippen MR) is 77.4 cm³/mol. The molecule has 104 valence electrons. The van der Waals surface area contributed by atoms with Crippen LogP contribution in [0.1, 0.15) is 16.1 Å². The maximum atomic E-state index is 12.3. The van der Waals surface area contributed by atoms with Crippen molar-refractivity contribution >= 4 is 5.91 Å². The van der Waals surface area contributed by atoms with Gasteiger partial charge in [0.05, 0.1) is 6.61 Å². The van der Waals surface area contributed by atoms with Crippen LogP contribution >= 0.6 is 0 Å². The van der Waals surface area contributed by atoms with Crippen molar-refractivity contribution in [3.8, 4) is 0 Å². The highest BCUT2D eigenvalue weighted by Crippen LogP contribution is 2.05. The van der Waals surface area contributed by atoms with Crippen LogP contribution in [-0.2, 0) is 6.42 Å². The number of aliphatic hydroxyl groups is 1. The summed E-state index contributed by atoms with van der Waals surface area (Å²) in [4.78, 5) is 18.0. The van der Waals surface area contributed by atoms with Gasteiger partial charge in [-0.1, -0.05) is 36.4 Å². The first-order chi connectivity index (χ1) is 9.81. The lowest BCUT2D eigenvalue weighted by atomic mass is 10.1. The minimum Gasteiger partial charge on any atom is -0.395 e. The Hall–Kier alpha value is -2.20. The molecule has 0 bridgehead atoms. The SMILES string of the molecule is O=C(c1ccccn1)N(CCO)CCc1ccccc1. The van der Waals surface area contributed by atoms with E-state index in [2.05, 4.69) is 4.98 Å². The van der Waals surface area contributed by atoms with E-state index in [0.717, 1.165) is 6.42 Å². The third-order valence-corrected chi connectivity index (χ3v) is 3.05. The van der Waals surface area contributed by atoms with Crippen molar-refractivity contribution in [1.29, 1.82) is 0 Å². The van der Waals surface area contributed by atoms with Gasteiger partial charge < -0.3 is 10.0 Å². The van der Waals surface area contributed by atoms with E-state index >= 15 is 0 Å². The van der Waals surface area contributed by atoms with Gasteiger partial charge in [0.1, 0.15) is 5.69 Å². The average Bonchev–Trinajstić information content (AvgIpc) is 2.52. The molecule has 0 aliphatic rings. The Morgan fingerprint density at radius 2 is 1.80 bits per heavy atom. The Balaban J connectivity index is 2.02. The number of pyridine rings is 1. The molecular formula is C16H18N2O2. The summed E-state index contributed by atoms with van der Waals surface area (Å²) >= 11 is 0. The molecule has 0 fully saturated rings. The number of hydrogen-bond acceptors (Lipinski definition) is 3. The van der Waals surface area contributed by atoms with E-state index in [1.165, 1.54) is 5.56 Å². The highest BCUT2D eigenvalue weighted by atomic mass is 16.3. The van der Waals surface area contributed by atoms with Crippen molar-refractivity contribution in [2.24, 2.45) is 0 Å². The number of amides is 1. The quantitative estimate of drug-likeness (QED) is 0.870. The van der Waals surface area contributed by atoms with Crippen molar-refractivity contribution in [3.05, 3.63) is 66.0 Å². The number of hydrogen-bond donors (Lipinski definition) is 1. The fourth-order valence-electron chi connectivity index (χ4n) is 2.00. The lowest BCUT2D eigenvalue weighted by Gasteiger charge is -2.21. The van der Waals surface area contributed by atoms with Crippen LogP contribution in [0, 0.1) is 0 Å². The summed E-state index contributed by atoms with van der Waals surface area (Å²) < 4.78 is 0. The van der Waals surface area contributed by atoms with Crippen LogP contribution in [0.4, 0.5) is 0 Å². The second-order valence-corrected chi connectivity index (χ2v) is 4.47. The molecule has 0 aliphatic carbocycles. The molecule has 4 heteroatoms. The number of carbonyl (C=O) groups is 1. The van der Waals surface area contributed by atoms with E-state index < -0.39 is 0 Å². The summed E-state index contributed by atoms with van der Waals surface area (Å²) in [6.07, 6.45) is 2.36. The Kier molecular flexibility index (Phi) is 5.26. The van der Waals surface area contributed by atoms with Crippen molar-refractivity contribution in [1.82, 2.24) is 9.88 Å². The second kappa shape index (κ2) is 7.40. The number of nitrogens with zero attached hydrogens (tertiary/aromatic N) is 2. The fraction of sp³-hybridized carbons (Fsp3) is 0.250. The van der Waals surface area contributed by atoms with Crippen molar-refractivity contribution in [2.75, 3.05) is 19.7 Å². The summed E-state index contributed by atoms with van der Waals surface area (Å²) in [7, 11) is 0. The summed E-state index contributed by atoms with van der Waals surface area (Å²) in [6, 6.07) is 15.2. The van der Waals surface area contributed by atoms with Gasteiger partial charge in [-0.15, -0.1) is 0 Å². The number of carbonyl (C=O) groups excluding carboxylic acids is 1. The first-order valence-electron chi connectivity index (χ1n) is 6.66. The summed E-state index contributed by atoms with van der Waals surface area (Å²) in [5.74, 6) is -0.143. The van der Waals surface area contributed by atoms with Crippen LogP contribution in [0.5, 0.6) is 0 Å². The molecule has 20 heavy (non-hydrogen) atoms. The lowest BCUT2D eigenvalue weighted by Crippen LogP contribution is -2.35. The van der Waals surface area contributed by atoms with E-state index in [1.54, 1.807) is 29.3 Å². The summed E-state index contributed by atoms with van der Waals surface area (Å²) in [5.41, 5.74) is 1.58. The van der Waals surface area contributed by atoms with Crippen molar-refractivity contribution in [3.63, 3.8) is 0 Å². The monoisotopic (exact) mass is 270 g/mol. The maximum Gasteiger partial charge on any atom is 0.272 e. The van der Waals surface area contributed by atoms with Gasteiger partial charge in [-0.05, 0) is 24.1 Å². The molecule has 0 radical (unpaired) electrons. The van der Waals surface area contributed by atoms with Crippen LogP contribution in [0.25, 0.3) is 0 Å². The van der Waals surface area contributed by atoms with E-state index in [0.29, 0.717) is 18.8 Å². The molecule has 1 aromatic heterocycles. The van der Waals surface area contributed by atoms with E-state index in [9.17, 15) is 4.79 Å². The normalized spacial score (nSPS) is 10.2. The third kappa shape index (κ3) is 3.90. The van der Waals surface area contributed by atoms with Gasteiger partial charge in [0.2, 0.25) is 0 Å². The lowest BCUT2D eigenvalue weighted by molar-refractivity contribution is 0.0718. The first-order valence-corrected chi connectivity index (χ1v) is 6.66. The molecule has 1 amide bonds. The summed E-state index contributed by atoms with van der Waals surface area (Å²) in [5, 5.41) is 9.12. The van der Waals surface area contributed by atoms with Gasteiger partial charge >= 0.3 is 0 Å². The van der Waals surface area contributed by atoms with Gasteiger partial charge in [0.25, 0.3) is 5.91 Å². The minimum atomic E-state index is -0.143. The minimum absolute atomic E-state index is 0.0483. The Morgan fingerprint density at radius 1 is 1.05 bits per heavy atom. The average molecular weight is 270 g/mol. The predicted octanol–water partition coefficient (Wildman–Crippen LogP) is 1.76. The molecular weight excluding hydrogens is 252 g/mol. The molecule has 0 atom stereocenters. The maximum absolute atomic E-state index is 12.3. The number of aromatic nitrogens is 1. The van der Waals surface area contributed by atoms with Gasteiger partial charge in [0.15, 0.2) is 0 Å². The number of rotatable bonds is 6. The molecule has 0 spiro atoms. The number of aliphatic hydroxyl groups excluding tert-OH is 1. The van der Waals surface area contributed by atoms with Gasteiger partial charge in [-0.25, -0.2) is 0 Å². The van der Waals surface area contributed by atoms with E-state index in [4.69, 9.17) is 5.11 Å². The largest absolute Gasteiger partial charge is 0.395 e. The van der Waals surface area contributed by atoms with Crippen molar-refractivity contribution < 1.29 is 9.90 Å². The van der Waals surface area contributed by atoms with Crippen LogP contribution in [0.2, 0.25) is 0 Å². The van der Waals surface area contributed by atoms with E-state index in [1.807, 2.05) is 30.3 Å². The standard InChI is InChI=1S/C16H18N2O2/c19-13-12-18(11-9-14-6-2-1-3-7-14)16(20)15-8-4-5-10-17-15/h1-8,10,19H,9,11-13H2. The fourth-order valence-corrected chi connectivity index (χ4v) is 2.00. The molecule has 0 saturated heterocycles. The van der Waals surface area contributed by atoms with Crippen LogP contribution in [-0.4, -0.2) is 40.6 Å². The topological polar surface area (TPSA) is 53.4 Å².